The van der Waals surface area contributed by atoms with Gasteiger partial charge in [-0.25, -0.2) is 0 Å². The van der Waals surface area contributed by atoms with Crippen LogP contribution in [0.15, 0.2) is 22.7 Å². The lowest BCUT2D eigenvalue weighted by molar-refractivity contribution is -0.385. The van der Waals surface area contributed by atoms with E-state index in [0.717, 1.165) is 22.9 Å². The van der Waals surface area contributed by atoms with Crippen LogP contribution in [-0.2, 0) is 6.42 Å². The van der Waals surface area contributed by atoms with E-state index < -0.39 is 4.92 Å². The van der Waals surface area contributed by atoms with Crippen molar-refractivity contribution in [1.29, 1.82) is 0 Å². The standard InChI is InChI=1S/C9H9BrClNO2/c10-8-4-7(2-1-3-11)5-9(6-8)12(13)14/h4-6H,1-3H2. The molecule has 0 radical (unpaired) electrons. The highest BCUT2D eigenvalue weighted by atomic mass is 79.9. The van der Waals surface area contributed by atoms with Crippen LogP contribution in [-0.4, -0.2) is 10.8 Å². The number of nitrogens with zero attached hydrogens (tertiary/aromatic N) is 1. The van der Waals surface area contributed by atoms with Crippen LogP contribution in [0.3, 0.4) is 0 Å². The SMILES string of the molecule is O=[N+]([O-])c1cc(Br)cc(CCCCl)c1. The van der Waals surface area contributed by atoms with Crippen LogP contribution in [0.1, 0.15) is 12.0 Å². The van der Waals surface area contributed by atoms with Gasteiger partial charge in [-0.3, -0.25) is 10.1 Å². The van der Waals surface area contributed by atoms with E-state index in [1.54, 1.807) is 6.07 Å². The molecule has 0 aromatic heterocycles. The second-order valence-corrected chi connectivity index (χ2v) is 4.16. The molecule has 1 aromatic carbocycles. The molecule has 5 heteroatoms. The first kappa shape index (κ1) is 11.5. The molecule has 3 nitrogen and oxygen atoms in total. The van der Waals surface area contributed by atoms with Crippen LogP contribution < -0.4 is 0 Å². The fourth-order valence-electron chi connectivity index (χ4n) is 1.15. The van der Waals surface area contributed by atoms with Gasteiger partial charge in [0.15, 0.2) is 0 Å². The van der Waals surface area contributed by atoms with E-state index in [2.05, 4.69) is 15.9 Å². The molecule has 0 unspecified atom stereocenters. The Kier molecular flexibility index (Phi) is 4.35. The van der Waals surface area contributed by atoms with Crippen LogP contribution in [0.5, 0.6) is 0 Å². The summed E-state index contributed by atoms with van der Waals surface area (Å²) in [6.07, 6.45) is 1.60. The topological polar surface area (TPSA) is 43.1 Å². The second kappa shape index (κ2) is 5.32. The van der Waals surface area contributed by atoms with Gasteiger partial charge in [0.2, 0.25) is 0 Å². The molecule has 1 aromatic rings. The average Bonchev–Trinajstić information content (AvgIpc) is 2.14. The number of rotatable bonds is 4. The van der Waals surface area contributed by atoms with Crippen LogP contribution in [0.4, 0.5) is 5.69 Å². The monoisotopic (exact) mass is 277 g/mol. The van der Waals surface area contributed by atoms with E-state index in [1.807, 2.05) is 6.07 Å². The number of nitro groups is 1. The molecule has 0 amide bonds. The van der Waals surface area contributed by atoms with Gasteiger partial charge >= 0.3 is 0 Å². The van der Waals surface area contributed by atoms with Gasteiger partial charge < -0.3 is 0 Å². The summed E-state index contributed by atoms with van der Waals surface area (Å²) in [7, 11) is 0. The maximum atomic E-state index is 10.5. The molecule has 0 N–H and O–H groups in total. The predicted octanol–water partition coefficient (Wildman–Crippen LogP) is 3.53. The highest BCUT2D eigenvalue weighted by Crippen LogP contribution is 2.22. The largest absolute Gasteiger partial charge is 0.270 e. The first-order valence-electron chi connectivity index (χ1n) is 4.13. The number of non-ortho nitro benzene ring substituents is 1. The smallest absolute Gasteiger partial charge is 0.258 e. The number of aryl methyl sites for hydroxylation is 1. The summed E-state index contributed by atoms with van der Waals surface area (Å²) >= 11 is 8.78. The third kappa shape index (κ3) is 3.27. The lowest BCUT2D eigenvalue weighted by Crippen LogP contribution is -1.92. The van der Waals surface area contributed by atoms with Crippen molar-refractivity contribution in [2.75, 3.05) is 5.88 Å². The highest BCUT2D eigenvalue weighted by molar-refractivity contribution is 9.10. The molecular formula is C9H9BrClNO2. The van der Waals surface area contributed by atoms with Crippen molar-refractivity contribution in [3.63, 3.8) is 0 Å². The quantitative estimate of drug-likeness (QED) is 0.480. The Morgan fingerprint density at radius 3 is 2.71 bits per heavy atom. The molecule has 0 aliphatic carbocycles. The first-order valence-corrected chi connectivity index (χ1v) is 5.46. The van der Waals surface area contributed by atoms with E-state index in [9.17, 15) is 10.1 Å². The maximum Gasteiger partial charge on any atom is 0.270 e. The van der Waals surface area contributed by atoms with Gasteiger partial charge in [0.25, 0.3) is 5.69 Å². The lowest BCUT2D eigenvalue weighted by Gasteiger charge is -2.00. The Bertz CT molecular complexity index is 344. The fourth-order valence-corrected chi connectivity index (χ4v) is 1.82. The molecule has 0 spiro atoms. The van der Waals surface area contributed by atoms with Crippen molar-refractivity contribution >= 4 is 33.2 Å². The molecule has 14 heavy (non-hydrogen) atoms. The summed E-state index contributed by atoms with van der Waals surface area (Å²) in [6, 6.07) is 4.95. The van der Waals surface area contributed by atoms with E-state index in [0.29, 0.717) is 5.88 Å². The third-order valence-corrected chi connectivity index (χ3v) is 2.48. The minimum Gasteiger partial charge on any atom is -0.258 e. The molecule has 0 atom stereocenters. The number of hydrogen-bond donors (Lipinski definition) is 0. The predicted molar refractivity (Wildman–Crippen MR) is 59.8 cm³/mol. The molecule has 0 fully saturated rings. The van der Waals surface area contributed by atoms with Crippen molar-refractivity contribution < 1.29 is 4.92 Å². The Morgan fingerprint density at radius 2 is 2.14 bits per heavy atom. The minimum atomic E-state index is -0.394. The molecule has 0 saturated heterocycles. The van der Waals surface area contributed by atoms with Crippen LogP contribution in [0.2, 0.25) is 0 Å². The third-order valence-electron chi connectivity index (χ3n) is 1.75. The Morgan fingerprint density at radius 1 is 1.43 bits per heavy atom. The molecule has 0 aliphatic heterocycles. The molecule has 76 valence electrons. The van der Waals surface area contributed by atoms with Crippen molar-refractivity contribution in [3.8, 4) is 0 Å². The zero-order valence-corrected chi connectivity index (χ0v) is 9.71. The first-order chi connectivity index (χ1) is 6.63. The zero-order valence-electron chi connectivity index (χ0n) is 7.37. The molecule has 0 saturated carbocycles. The molecular weight excluding hydrogens is 269 g/mol. The number of hydrogen-bond acceptors (Lipinski definition) is 2. The Hall–Kier alpha value is -0.610. The van der Waals surface area contributed by atoms with Crippen LogP contribution in [0, 0.1) is 10.1 Å². The van der Waals surface area contributed by atoms with Gasteiger partial charge in [-0.05, 0) is 24.5 Å². The lowest BCUT2D eigenvalue weighted by atomic mass is 10.1. The van der Waals surface area contributed by atoms with Gasteiger partial charge in [0.05, 0.1) is 4.92 Å². The number of nitro benzene ring substituents is 1. The van der Waals surface area contributed by atoms with E-state index >= 15 is 0 Å². The van der Waals surface area contributed by atoms with Gasteiger partial charge in [0, 0.05) is 22.5 Å². The molecule has 0 heterocycles. The van der Waals surface area contributed by atoms with Gasteiger partial charge in [0.1, 0.15) is 0 Å². The number of benzene rings is 1. The second-order valence-electron chi connectivity index (χ2n) is 2.87. The normalized spacial score (nSPS) is 10.1. The van der Waals surface area contributed by atoms with Crippen LogP contribution in [0.25, 0.3) is 0 Å². The van der Waals surface area contributed by atoms with Crippen molar-refractivity contribution in [2.24, 2.45) is 0 Å². The Balaban J connectivity index is 2.89. The van der Waals surface area contributed by atoms with Crippen LogP contribution >= 0.6 is 27.5 Å². The molecule has 1 rings (SSSR count). The van der Waals surface area contributed by atoms with Gasteiger partial charge in [-0.1, -0.05) is 15.9 Å². The van der Waals surface area contributed by atoms with Crippen molar-refractivity contribution in [3.05, 3.63) is 38.3 Å². The summed E-state index contributed by atoms with van der Waals surface area (Å²) < 4.78 is 0.733. The summed E-state index contributed by atoms with van der Waals surface area (Å²) in [6.45, 7) is 0. The van der Waals surface area contributed by atoms with E-state index in [4.69, 9.17) is 11.6 Å². The molecule has 0 aliphatic rings. The van der Waals surface area contributed by atoms with Crippen molar-refractivity contribution in [1.82, 2.24) is 0 Å². The Labute approximate surface area is 95.4 Å². The summed E-state index contributed by atoms with van der Waals surface area (Å²) in [5.41, 5.74) is 1.05. The molecule has 0 bridgehead atoms. The van der Waals surface area contributed by atoms with Gasteiger partial charge in [-0.15, -0.1) is 11.6 Å². The maximum absolute atomic E-state index is 10.5. The zero-order chi connectivity index (χ0) is 10.6. The fraction of sp³-hybridized carbons (Fsp3) is 0.333. The van der Waals surface area contributed by atoms with E-state index in [1.165, 1.54) is 6.07 Å². The van der Waals surface area contributed by atoms with Crippen molar-refractivity contribution in [2.45, 2.75) is 12.8 Å². The summed E-state index contributed by atoms with van der Waals surface area (Å²) in [4.78, 5) is 10.1. The van der Waals surface area contributed by atoms with E-state index in [-0.39, 0.29) is 5.69 Å². The highest BCUT2D eigenvalue weighted by Gasteiger charge is 2.07. The van der Waals surface area contributed by atoms with Gasteiger partial charge in [-0.2, -0.15) is 0 Å². The average molecular weight is 279 g/mol. The summed E-state index contributed by atoms with van der Waals surface area (Å²) in [5.74, 6) is 0.570. The summed E-state index contributed by atoms with van der Waals surface area (Å²) in [5, 5.41) is 10.5. The number of halogens is 2. The number of alkyl halides is 1. The minimum absolute atomic E-state index is 0.115.